The van der Waals surface area contributed by atoms with Gasteiger partial charge in [-0.05, 0) is 19.9 Å². The van der Waals surface area contributed by atoms with Gasteiger partial charge in [-0.15, -0.1) is 0 Å². The van der Waals surface area contributed by atoms with Gasteiger partial charge in [-0.25, -0.2) is 8.42 Å². The van der Waals surface area contributed by atoms with Crippen LogP contribution in [0.4, 0.5) is 0 Å². The maximum absolute atomic E-state index is 10.8. The fraction of sp³-hybridized carbons (Fsp3) is 1.00. The highest BCUT2D eigenvalue weighted by molar-refractivity contribution is 7.90. The molecule has 0 unspecified atom stereocenters. The van der Waals surface area contributed by atoms with Crippen LogP contribution in [-0.2, 0) is 9.84 Å². The molecule has 0 aromatic heterocycles. The zero-order valence-electron chi connectivity index (χ0n) is 9.70. The molecule has 1 aliphatic rings. The van der Waals surface area contributed by atoms with E-state index in [0.717, 1.165) is 19.1 Å². The number of sulfone groups is 1. The van der Waals surface area contributed by atoms with E-state index >= 15 is 0 Å². The van der Waals surface area contributed by atoms with Crippen LogP contribution in [0.15, 0.2) is 0 Å². The van der Waals surface area contributed by atoms with Gasteiger partial charge in [-0.1, -0.05) is 6.42 Å². The molecule has 1 saturated carbocycles. The van der Waals surface area contributed by atoms with Crippen molar-refractivity contribution >= 4 is 9.84 Å². The van der Waals surface area contributed by atoms with Gasteiger partial charge in [0.15, 0.2) is 0 Å². The first-order valence-corrected chi connectivity index (χ1v) is 7.64. The highest BCUT2D eigenvalue weighted by Crippen LogP contribution is 2.22. The van der Waals surface area contributed by atoms with E-state index in [0.29, 0.717) is 6.54 Å². The van der Waals surface area contributed by atoms with Crippen LogP contribution in [-0.4, -0.2) is 58.1 Å². The Hall–Kier alpha value is -0.130. The molecule has 15 heavy (non-hydrogen) atoms. The third-order valence-electron chi connectivity index (χ3n) is 2.99. The molecular weight excluding hydrogens is 212 g/mol. The molecule has 0 bridgehead atoms. The van der Waals surface area contributed by atoms with E-state index in [4.69, 9.17) is 0 Å². The Bertz CT molecular complexity index is 273. The Morgan fingerprint density at radius 3 is 2.47 bits per heavy atom. The topological polar surface area (TPSA) is 49.4 Å². The quantitative estimate of drug-likeness (QED) is 0.635. The monoisotopic (exact) mass is 234 g/mol. The molecule has 0 saturated heterocycles. The van der Waals surface area contributed by atoms with E-state index in [1.165, 1.54) is 25.5 Å². The summed E-state index contributed by atoms with van der Waals surface area (Å²) >= 11 is 0. The van der Waals surface area contributed by atoms with Gasteiger partial charge >= 0.3 is 0 Å². The van der Waals surface area contributed by atoms with Crippen LogP contribution in [0, 0.1) is 0 Å². The molecule has 0 radical (unpaired) electrons. The predicted octanol–water partition coefficient (Wildman–Crippen LogP) is 0.105. The third kappa shape index (κ3) is 5.49. The van der Waals surface area contributed by atoms with Crippen molar-refractivity contribution in [2.24, 2.45) is 0 Å². The van der Waals surface area contributed by atoms with Crippen LogP contribution in [0.5, 0.6) is 0 Å². The lowest BCUT2D eigenvalue weighted by Gasteiger charge is -2.34. The fourth-order valence-electron chi connectivity index (χ4n) is 1.65. The van der Waals surface area contributed by atoms with Crippen molar-refractivity contribution in [2.75, 3.05) is 38.7 Å². The van der Waals surface area contributed by atoms with E-state index in [-0.39, 0.29) is 5.75 Å². The molecule has 4 nitrogen and oxygen atoms in total. The Morgan fingerprint density at radius 2 is 2.00 bits per heavy atom. The number of nitrogens with one attached hydrogen (secondary N) is 1. The molecule has 1 N–H and O–H groups in total. The van der Waals surface area contributed by atoms with Crippen molar-refractivity contribution in [2.45, 2.75) is 25.3 Å². The molecule has 1 rings (SSSR count). The average molecular weight is 234 g/mol. The Balaban J connectivity index is 1.96. The summed E-state index contributed by atoms with van der Waals surface area (Å²) in [5, 5.41) is 3.16. The molecule has 0 spiro atoms. The van der Waals surface area contributed by atoms with Crippen LogP contribution in [0.3, 0.4) is 0 Å². The molecule has 1 aliphatic carbocycles. The van der Waals surface area contributed by atoms with Crippen molar-refractivity contribution < 1.29 is 8.42 Å². The normalized spacial score (nSPS) is 18.1. The van der Waals surface area contributed by atoms with Gasteiger partial charge in [0.05, 0.1) is 5.75 Å². The molecule has 90 valence electrons. The lowest BCUT2D eigenvalue weighted by molar-refractivity contribution is 0.161. The highest BCUT2D eigenvalue weighted by atomic mass is 32.2. The van der Waals surface area contributed by atoms with E-state index in [2.05, 4.69) is 17.3 Å². The minimum absolute atomic E-state index is 0.236. The standard InChI is InChI=1S/C10H22N2O2S/c1-12(10-4-3-5-10)8-6-11-7-9-15(2,13)14/h10-11H,3-9H2,1-2H3. The lowest BCUT2D eigenvalue weighted by Crippen LogP contribution is -2.41. The van der Waals surface area contributed by atoms with Gasteiger partial charge in [0.1, 0.15) is 9.84 Å². The predicted molar refractivity (Wildman–Crippen MR) is 62.8 cm³/mol. The van der Waals surface area contributed by atoms with E-state index in [1.807, 2.05) is 0 Å². The zero-order valence-corrected chi connectivity index (χ0v) is 10.5. The van der Waals surface area contributed by atoms with Gasteiger partial charge in [-0.3, -0.25) is 0 Å². The first-order valence-electron chi connectivity index (χ1n) is 5.58. The maximum Gasteiger partial charge on any atom is 0.148 e. The summed E-state index contributed by atoms with van der Waals surface area (Å²) in [6, 6.07) is 0.765. The van der Waals surface area contributed by atoms with Gasteiger partial charge < -0.3 is 10.2 Å². The zero-order chi connectivity index (χ0) is 11.3. The smallest absolute Gasteiger partial charge is 0.148 e. The minimum atomic E-state index is -2.81. The second-order valence-corrected chi connectivity index (χ2v) is 6.70. The largest absolute Gasteiger partial charge is 0.314 e. The Labute approximate surface area is 93.0 Å². The van der Waals surface area contributed by atoms with Crippen LogP contribution in [0.25, 0.3) is 0 Å². The maximum atomic E-state index is 10.8. The molecule has 5 heteroatoms. The summed E-state index contributed by atoms with van der Waals surface area (Å²) in [6.45, 7) is 2.45. The number of hydrogen-bond acceptors (Lipinski definition) is 4. The molecule has 0 amide bonds. The van der Waals surface area contributed by atoms with Gasteiger partial charge in [0, 0.05) is 31.9 Å². The van der Waals surface area contributed by atoms with Gasteiger partial charge in [0.25, 0.3) is 0 Å². The molecular formula is C10H22N2O2S. The summed E-state index contributed by atoms with van der Waals surface area (Å²) in [5.41, 5.74) is 0. The first kappa shape index (κ1) is 12.9. The van der Waals surface area contributed by atoms with Gasteiger partial charge in [0.2, 0.25) is 0 Å². The second-order valence-electron chi connectivity index (χ2n) is 4.45. The first-order chi connectivity index (χ1) is 6.99. The summed E-state index contributed by atoms with van der Waals surface area (Å²) in [4.78, 5) is 2.36. The number of nitrogens with zero attached hydrogens (tertiary/aromatic N) is 1. The highest BCUT2D eigenvalue weighted by Gasteiger charge is 2.20. The van der Waals surface area contributed by atoms with Gasteiger partial charge in [-0.2, -0.15) is 0 Å². The third-order valence-corrected chi connectivity index (χ3v) is 3.93. The van der Waals surface area contributed by atoms with Crippen molar-refractivity contribution in [1.29, 1.82) is 0 Å². The van der Waals surface area contributed by atoms with Crippen LogP contribution in [0.1, 0.15) is 19.3 Å². The second kappa shape index (κ2) is 5.82. The number of likely N-dealkylation sites (N-methyl/N-ethyl adjacent to an activating group) is 1. The molecule has 0 aliphatic heterocycles. The van der Waals surface area contributed by atoms with Crippen LogP contribution in [0.2, 0.25) is 0 Å². The summed E-state index contributed by atoms with van der Waals surface area (Å²) in [5.74, 6) is 0.236. The van der Waals surface area contributed by atoms with E-state index in [1.54, 1.807) is 0 Å². The van der Waals surface area contributed by atoms with E-state index in [9.17, 15) is 8.42 Å². The average Bonchev–Trinajstić information content (AvgIpc) is 1.97. The Kier molecular flexibility index (Phi) is 5.02. The van der Waals surface area contributed by atoms with Crippen molar-refractivity contribution in [1.82, 2.24) is 10.2 Å². The molecule has 0 heterocycles. The fourth-order valence-corrected chi connectivity index (χ4v) is 2.16. The molecule has 1 fully saturated rings. The lowest BCUT2D eigenvalue weighted by atomic mass is 9.92. The number of hydrogen-bond donors (Lipinski definition) is 1. The van der Waals surface area contributed by atoms with Crippen molar-refractivity contribution in [3.63, 3.8) is 0 Å². The van der Waals surface area contributed by atoms with Crippen LogP contribution >= 0.6 is 0 Å². The van der Waals surface area contributed by atoms with E-state index < -0.39 is 9.84 Å². The molecule has 0 aromatic rings. The van der Waals surface area contributed by atoms with Crippen molar-refractivity contribution in [3.8, 4) is 0 Å². The minimum Gasteiger partial charge on any atom is -0.314 e. The molecule has 0 aromatic carbocycles. The number of rotatable bonds is 7. The van der Waals surface area contributed by atoms with Crippen molar-refractivity contribution in [3.05, 3.63) is 0 Å². The summed E-state index contributed by atoms with van der Waals surface area (Å²) in [6.07, 6.45) is 5.27. The summed E-state index contributed by atoms with van der Waals surface area (Å²) in [7, 11) is -0.670. The summed E-state index contributed by atoms with van der Waals surface area (Å²) < 4.78 is 21.7. The Morgan fingerprint density at radius 1 is 1.33 bits per heavy atom. The molecule has 0 atom stereocenters. The van der Waals surface area contributed by atoms with Crippen LogP contribution < -0.4 is 5.32 Å². The SMILES string of the molecule is CN(CCNCCS(C)(=O)=O)C1CCC1.